The van der Waals surface area contributed by atoms with E-state index in [1.54, 1.807) is 0 Å². The monoisotopic (exact) mass is 411 g/mol. The molecule has 1 saturated carbocycles. The highest BCUT2D eigenvalue weighted by molar-refractivity contribution is 6.09. The maximum Gasteiger partial charge on any atom is 0.387 e. The second-order valence-corrected chi connectivity index (χ2v) is 6.72. The van der Waals surface area contributed by atoms with E-state index in [0.29, 0.717) is 12.8 Å². The second kappa shape index (κ2) is 8.41. The number of imide groups is 1. The molecule has 9 nitrogen and oxygen atoms in total. The van der Waals surface area contributed by atoms with Crippen LogP contribution < -0.4 is 15.4 Å². The molecule has 2 N–H and O–H groups in total. The third kappa shape index (κ3) is 4.79. The number of hydrogen-bond donors (Lipinski definition) is 2. The van der Waals surface area contributed by atoms with Crippen LogP contribution in [0.25, 0.3) is 0 Å². The Balaban J connectivity index is 1.45. The summed E-state index contributed by atoms with van der Waals surface area (Å²) in [7, 11) is 0. The third-order valence-corrected chi connectivity index (χ3v) is 4.72. The molecule has 3 rings (SSSR count). The highest BCUT2D eigenvalue weighted by atomic mass is 19.3. The lowest BCUT2D eigenvalue weighted by Crippen LogP contribution is -2.44. The van der Waals surface area contributed by atoms with Crippen molar-refractivity contribution in [2.45, 2.75) is 37.8 Å². The minimum absolute atomic E-state index is 0.0713. The molecule has 0 atom stereocenters. The Morgan fingerprint density at radius 1 is 1.17 bits per heavy atom. The Morgan fingerprint density at radius 3 is 2.45 bits per heavy atom. The van der Waals surface area contributed by atoms with Crippen molar-refractivity contribution in [2.75, 3.05) is 18.5 Å². The molecule has 0 radical (unpaired) electrons. The van der Waals surface area contributed by atoms with E-state index in [4.69, 9.17) is 4.74 Å². The van der Waals surface area contributed by atoms with E-state index in [2.05, 4.69) is 15.4 Å². The Morgan fingerprint density at radius 2 is 1.83 bits per heavy atom. The number of alkyl halides is 2. The fourth-order valence-corrected chi connectivity index (χ4v) is 3.37. The van der Waals surface area contributed by atoms with E-state index in [-0.39, 0.29) is 11.4 Å². The van der Waals surface area contributed by atoms with E-state index in [1.807, 2.05) is 0 Å². The van der Waals surface area contributed by atoms with Crippen LogP contribution in [-0.2, 0) is 19.1 Å². The summed E-state index contributed by atoms with van der Waals surface area (Å²) in [6.07, 6.45) is 2.71. The quantitative estimate of drug-likeness (QED) is 0.521. The van der Waals surface area contributed by atoms with Crippen molar-refractivity contribution in [3.8, 4) is 5.75 Å². The molecule has 0 unspecified atom stereocenters. The number of carbonyl (C=O) groups is 4. The molecule has 1 spiro atoms. The highest BCUT2D eigenvalue weighted by Gasteiger charge is 2.52. The van der Waals surface area contributed by atoms with Crippen LogP contribution in [0.1, 0.15) is 25.7 Å². The van der Waals surface area contributed by atoms with Crippen molar-refractivity contribution in [1.82, 2.24) is 10.2 Å². The number of amides is 4. The average Bonchev–Trinajstić information content (AvgIpc) is 3.22. The summed E-state index contributed by atoms with van der Waals surface area (Å²) >= 11 is 0. The molecule has 0 aromatic heterocycles. The van der Waals surface area contributed by atoms with Gasteiger partial charge in [-0.05, 0) is 37.1 Å². The first kappa shape index (κ1) is 20.5. The van der Waals surface area contributed by atoms with Crippen molar-refractivity contribution in [3.05, 3.63) is 24.3 Å². The van der Waals surface area contributed by atoms with Gasteiger partial charge in [0.1, 0.15) is 17.8 Å². The number of benzene rings is 1. The standard InChI is InChI=1S/C18H19F2N3O6/c19-16(20)29-12-5-3-11(4-6-12)21-13(24)10-28-14(25)9-23-15(26)18(22-17(23)27)7-1-2-8-18/h3-6,16H,1-2,7-10H2,(H,21,24)(H,22,27). The van der Waals surface area contributed by atoms with Crippen LogP contribution in [-0.4, -0.2) is 54.0 Å². The van der Waals surface area contributed by atoms with Crippen LogP contribution in [0.5, 0.6) is 5.75 Å². The van der Waals surface area contributed by atoms with Gasteiger partial charge in [0.15, 0.2) is 6.61 Å². The minimum atomic E-state index is -2.96. The van der Waals surface area contributed by atoms with Crippen LogP contribution >= 0.6 is 0 Å². The van der Waals surface area contributed by atoms with Crippen molar-refractivity contribution in [3.63, 3.8) is 0 Å². The van der Waals surface area contributed by atoms with Gasteiger partial charge in [-0.1, -0.05) is 12.8 Å². The number of halogens is 2. The lowest BCUT2D eigenvalue weighted by Gasteiger charge is -2.19. The first-order chi connectivity index (χ1) is 13.8. The number of rotatable bonds is 7. The lowest BCUT2D eigenvalue weighted by atomic mass is 9.98. The number of nitrogens with one attached hydrogen (secondary N) is 2. The smallest absolute Gasteiger partial charge is 0.387 e. The molecule has 1 heterocycles. The second-order valence-electron chi connectivity index (χ2n) is 6.72. The molecule has 1 aliphatic heterocycles. The first-order valence-electron chi connectivity index (χ1n) is 8.93. The molecule has 29 heavy (non-hydrogen) atoms. The summed E-state index contributed by atoms with van der Waals surface area (Å²) in [5, 5.41) is 5.05. The Labute approximate surface area is 164 Å². The summed E-state index contributed by atoms with van der Waals surface area (Å²) in [5.41, 5.74) is -0.639. The molecule has 11 heteroatoms. The molecule has 1 aliphatic carbocycles. The van der Waals surface area contributed by atoms with Gasteiger partial charge in [0.2, 0.25) is 0 Å². The zero-order valence-electron chi connectivity index (χ0n) is 15.3. The van der Waals surface area contributed by atoms with Gasteiger partial charge < -0.3 is 20.1 Å². The number of nitrogens with zero attached hydrogens (tertiary/aromatic N) is 1. The summed E-state index contributed by atoms with van der Waals surface area (Å²) in [6, 6.07) is 4.51. The van der Waals surface area contributed by atoms with Gasteiger partial charge in [-0.15, -0.1) is 0 Å². The van der Waals surface area contributed by atoms with E-state index in [9.17, 15) is 28.0 Å². The lowest BCUT2D eigenvalue weighted by molar-refractivity contribution is -0.150. The predicted octanol–water partition coefficient (Wildman–Crippen LogP) is 1.63. The van der Waals surface area contributed by atoms with Crippen molar-refractivity contribution in [1.29, 1.82) is 0 Å². The average molecular weight is 411 g/mol. The van der Waals surface area contributed by atoms with Crippen LogP contribution in [0, 0.1) is 0 Å². The van der Waals surface area contributed by atoms with Gasteiger partial charge >= 0.3 is 18.6 Å². The first-order valence-corrected chi connectivity index (χ1v) is 8.93. The van der Waals surface area contributed by atoms with Gasteiger partial charge in [0.25, 0.3) is 11.8 Å². The van der Waals surface area contributed by atoms with Gasteiger partial charge in [-0.2, -0.15) is 8.78 Å². The Bertz CT molecular complexity index is 808. The maximum atomic E-state index is 12.4. The fraction of sp³-hybridized carbons (Fsp3) is 0.444. The van der Waals surface area contributed by atoms with Crippen LogP contribution in [0.3, 0.4) is 0 Å². The maximum absolute atomic E-state index is 12.4. The number of hydrogen-bond acceptors (Lipinski definition) is 6. The number of anilines is 1. The molecule has 156 valence electrons. The summed E-state index contributed by atoms with van der Waals surface area (Å²) < 4.78 is 33.2. The SMILES string of the molecule is O=C(COC(=O)CN1C(=O)NC2(CCCC2)C1=O)Nc1ccc(OC(F)F)cc1. The number of esters is 1. The van der Waals surface area contributed by atoms with E-state index in [1.165, 1.54) is 24.3 Å². The Hall–Kier alpha value is -3.24. The van der Waals surface area contributed by atoms with Gasteiger partial charge in [-0.3, -0.25) is 19.3 Å². The molecule has 1 aromatic carbocycles. The predicted molar refractivity (Wildman–Crippen MR) is 94.1 cm³/mol. The molecule has 1 saturated heterocycles. The largest absolute Gasteiger partial charge is 0.454 e. The van der Waals surface area contributed by atoms with Crippen molar-refractivity contribution >= 4 is 29.5 Å². The van der Waals surface area contributed by atoms with Crippen molar-refractivity contribution in [2.24, 2.45) is 0 Å². The molecule has 2 fully saturated rings. The zero-order chi connectivity index (χ0) is 21.0. The molecular formula is C18H19F2N3O6. The minimum Gasteiger partial charge on any atom is -0.454 e. The molecule has 0 bridgehead atoms. The number of urea groups is 1. The van der Waals surface area contributed by atoms with E-state index in [0.717, 1.165) is 17.7 Å². The summed E-state index contributed by atoms with van der Waals surface area (Å²) in [4.78, 5) is 49.0. The Kier molecular flexibility index (Phi) is 5.95. The van der Waals surface area contributed by atoms with Crippen LogP contribution in [0.15, 0.2) is 24.3 Å². The van der Waals surface area contributed by atoms with Crippen LogP contribution in [0.2, 0.25) is 0 Å². The highest BCUT2D eigenvalue weighted by Crippen LogP contribution is 2.34. The molecular weight excluding hydrogens is 392 g/mol. The molecule has 1 aromatic rings. The molecule has 4 amide bonds. The van der Waals surface area contributed by atoms with Gasteiger partial charge in [0, 0.05) is 5.69 Å². The van der Waals surface area contributed by atoms with E-state index >= 15 is 0 Å². The van der Waals surface area contributed by atoms with Crippen molar-refractivity contribution < 1.29 is 37.4 Å². The third-order valence-electron chi connectivity index (χ3n) is 4.72. The molecule has 2 aliphatic rings. The normalized spacial score (nSPS) is 17.6. The zero-order valence-corrected chi connectivity index (χ0v) is 15.3. The number of ether oxygens (including phenoxy) is 2. The van der Waals surface area contributed by atoms with Crippen LogP contribution in [0.4, 0.5) is 19.3 Å². The number of carbonyl (C=O) groups excluding carboxylic acids is 4. The van der Waals surface area contributed by atoms with Gasteiger partial charge in [0.05, 0.1) is 0 Å². The fourth-order valence-electron chi connectivity index (χ4n) is 3.37. The van der Waals surface area contributed by atoms with E-state index < -0.39 is 49.1 Å². The topological polar surface area (TPSA) is 114 Å². The summed E-state index contributed by atoms with van der Waals surface area (Å²) in [6.45, 7) is -4.18. The summed E-state index contributed by atoms with van der Waals surface area (Å²) in [5.74, 6) is -2.10. The van der Waals surface area contributed by atoms with Gasteiger partial charge in [-0.25, -0.2) is 4.79 Å².